The molecule has 170 valence electrons. The highest BCUT2D eigenvalue weighted by Gasteiger charge is 2.47. The number of nitrogens with zero attached hydrogens (tertiary/aromatic N) is 1. The zero-order chi connectivity index (χ0) is 23.5. The maximum Gasteiger partial charge on any atom is 0.300 e. The van der Waals surface area contributed by atoms with E-state index in [1.807, 2.05) is 31.4 Å². The van der Waals surface area contributed by atoms with Crippen LogP contribution in [0.25, 0.3) is 5.76 Å². The van der Waals surface area contributed by atoms with Crippen molar-refractivity contribution in [3.63, 3.8) is 0 Å². The van der Waals surface area contributed by atoms with Crippen molar-refractivity contribution in [3.05, 3.63) is 81.0 Å². The Hall–Kier alpha value is -3.29. The Balaban J connectivity index is 1.85. The lowest BCUT2D eigenvalue weighted by Gasteiger charge is -2.24. The van der Waals surface area contributed by atoms with Crippen LogP contribution in [-0.4, -0.2) is 30.0 Å². The zero-order valence-corrected chi connectivity index (χ0v) is 19.7. The van der Waals surface area contributed by atoms with Crippen LogP contribution in [0.15, 0.2) is 65.6 Å². The molecule has 1 aromatic heterocycles. The van der Waals surface area contributed by atoms with Crippen molar-refractivity contribution in [3.8, 4) is 11.5 Å². The molecular weight excluding hydrogens is 462 g/mol. The fourth-order valence-corrected chi connectivity index (χ4v) is 4.75. The molecule has 0 bridgehead atoms. The number of thiophene rings is 1. The Bertz CT molecular complexity index is 1200. The summed E-state index contributed by atoms with van der Waals surface area (Å²) in [7, 11) is 0. The Labute approximate surface area is 200 Å². The van der Waals surface area contributed by atoms with Gasteiger partial charge >= 0.3 is 0 Å². The van der Waals surface area contributed by atoms with Gasteiger partial charge in [-0.2, -0.15) is 0 Å². The third-order valence-corrected chi connectivity index (χ3v) is 6.42. The third-order valence-electron chi connectivity index (χ3n) is 5.19. The lowest BCUT2D eigenvalue weighted by Crippen LogP contribution is -2.29. The summed E-state index contributed by atoms with van der Waals surface area (Å²) in [6, 6.07) is 14.6. The fraction of sp³-hybridized carbons (Fsp3) is 0.200. The number of anilines is 1. The first-order valence-corrected chi connectivity index (χ1v) is 11.7. The van der Waals surface area contributed by atoms with E-state index in [4.69, 9.17) is 21.1 Å². The number of ether oxygens (including phenoxy) is 2. The molecule has 2 heterocycles. The summed E-state index contributed by atoms with van der Waals surface area (Å²) in [5.41, 5.74) is 0.888. The first kappa shape index (κ1) is 22.9. The Morgan fingerprint density at radius 2 is 1.79 bits per heavy atom. The minimum atomic E-state index is -0.769. The second kappa shape index (κ2) is 9.68. The quantitative estimate of drug-likeness (QED) is 0.260. The predicted octanol–water partition coefficient (Wildman–Crippen LogP) is 5.83. The van der Waals surface area contributed by atoms with Gasteiger partial charge in [0.1, 0.15) is 23.3 Å². The summed E-state index contributed by atoms with van der Waals surface area (Å²) in [6.45, 7) is 4.62. The molecule has 1 saturated heterocycles. The van der Waals surface area contributed by atoms with Gasteiger partial charge in [-0.15, -0.1) is 11.3 Å². The van der Waals surface area contributed by atoms with Gasteiger partial charge in [-0.1, -0.05) is 17.7 Å². The first-order chi connectivity index (χ1) is 16.0. The average molecular weight is 484 g/mol. The normalized spacial score (nSPS) is 17.4. The number of carbonyl (C=O) groups excluding carboxylic acids is 2. The molecule has 1 amide bonds. The van der Waals surface area contributed by atoms with E-state index in [2.05, 4.69) is 0 Å². The van der Waals surface area contributed by atoms with Gasteiger partial charge in [0.25, 0.3) is 11.7 Å². The van der Waals surface area contributed by atoms with Crippen LogP contribution in [0.4, 0.5) is 5.69 Å². The molecule has 0 aliphatic carbocycles. The van der Waals surface area contributed by atoms with E-state index in [-0.39, 0.29) is 11.3 Å². The minimum Gasteiger partial charge on any atom is -0.507 e. The molecule has 2 aromatic carbocycles. The number of halogens is 1. The van der Waals surface area contributed by atoms with E-state index < -0.39 is 17.7 Å². The Kier molecular flexibility index (Phi) is 6.72. The van der Waals surface area contributed by atoms with Gasteiger partial charge in [-0.05, 0) is 67.8 Å². The third kappa shape index (κ3) is 4.34. The van der Waals surface area contributed by atoms with Crippen molar-refractivity contribution in [2.45, 2.75) is 19.9 Å². The van der Waals surface area contributed by atoms with Crippen LogP contribution in [0.3, 0.4) is 0 Å². The number of amides is 1. The maximum absolute atomic E-state index is 13.2. The van der Waals surface area contributed by atoms with Crippen LogP contribution in [0.2, 0.25) is 5.02 Å². The van der Waals surface area contributed by atoms with E-state index in [0.717, 1.165) is 4.88 Å². The van der Waals surface area contributed by atoms with E-state index in [0.29, 0.717) is 41.0 Å². The summed E-state index contributed by atoms with van der Waals surface area (Å²) in [5.74, 6) is -0.699. The zero-order valence-electron chi connectivity index (χ0n) is 18.1. The van der Waals surface area contributed by atoms with Gasteiger partial charge < -0.3 is 14.6 Å². The molecule has 1 atom stereocenters. The maximum atomic E-state index is 13.2. The summed E-state index contributed by atoms with van der Waals surface area (Å²) in [6.07, 6.45) is 0. The number of Topliss-reactive ketones (excluding diaryl/α,β-unsaturated/α-hetero) is 1. The highest BCUT2D eigenvalue weighted by Crippen LogP contribution is 2.44. The number of ketones is 1. The summed E-state index contributed by atoms with van der Waals surface area (Å²) >= 11 is 7.58. The minimum absolute atomic E-state index is 0.0149. The molecule has 6 nitrogen and oxygen atoms in total. The second-order valence-corrected chi connectivity index (χ2v) is 8.58. The smallest absolute Gasteiger partial charge is 0.300 e. The van der Waals surface area contributed by atoms with Gasteiger partial charge in [0.2, 0.25) is 0 Å². The number of rotatable bonds is 7. The van der Waals surface area contributed by atoms with Gasteiger partial charge in [-0.25, -0.2) is 0 Å². The molecule has 1 aliphatic heterocycles. The van der Waals surface area contributed by atoms with Crippen LogP contribution in [0.5, 0.6) is 11.5 Å². The molecular formula is C25H22ClNO5S. The lowest BCUT2D eigenvalue weighted by atomic mass is 9.99. The monoisotopic (exact) mass is 483 g/mol. The summed E-state index contributed by atoms with van der Waals surface area (Å²) in [4.78, 5) is 28.5. The van der Waals surface area contributed by atoms with E-state index in [1.165, 1.54) is 16.2 Å². The van der Waals surface area contributed by atoms with Crippen LogP contribution < -0.4 is 14.4 Å². The van der Waals surface area contributed by atoms with Crippen LogP contribution in [0.1, 0.15) is 30.3 Å². The van der Waals surface area contributed by atoms with E-state index in [1.54, 1.807) is 42.5 Å². The standard InChI is InChI=1S/C25H22ClNO5S/c1-3-31-17-10-8-16(9-11-17)27-22(20-6-5-13-33-20)21(24(29)25(27)30)23(28)15-7-12-18(26)19(14-15)32-4-2/h5-14,22,28H,3-4H2,1-2H3/b23-21-. The molecule has 0 radical (unpaired) electrons. The highest BCUT2D eigenvalue weighted by atomic mass is 35.5. The van der Waals surface area contributed by atoms with Gasteiger partial charge in [-0.3, -0.25) is 14.5 Å². The van der Waals surface area contributed by atoms with E-state index >= 15 is 0 Å². The molecule has 33 heavy (non-hydrogen) atoms. The fourth-order valence-electron chi connectivity index (χ4n) is 3.76. The van der Waals surface area contributed by atoms with Gasteiger partial charge in [0.15, 0.2) is 0 Å². The number of benzene rings is 2. The molecule has 1 aliphatic rings. The number of aliphatic hydroxyl groups is 1. The topological polar surface area (TPSA) is 76.1 Å². The summed E-state index contributed by atoms with van der Waals surface area (Å²) in [5, 5.41) is 13.5. The molecule has 1 fully saturated rings. The highest BCUT2D eigenvalue weighted by molar-refractivity contribution is 7.10. The van der Waals surface area contributed by atoms with Crippen molar-refractivity contribution in [2.75, 3.05) is 18.1 Å². The number of hydrogen-bond donors (Lipinski definition) is 1. The first-order valence-electron chi connectivity index (χ1n) is 10.5. The molecule has 1 N–H and O–H groups in total. The number of hydrogen-bond acceptors (Lipinski definition) is 6. The predicted molar refractivity (Wildman–Crippen MR) is 129 cm³/mol. The van der Waals surface area contributed by atoms with Gasteiger partial charge in [0, 0.05) is 16.1 Å². The van der Waals surface area contributed by atoms with Crippen molar-refractivity contribution >= 4 is 46.1 Å². The molecule has 3 aromatic rings. The number of aliphatic hydroxyl groups excluding tert-OH is 1. The van der Waals surface area contributed by atoms with E-state index in [9.17, 15) is 14.7 Å². The Morgan fingerprint density at radius 3 is 2.42 bits per heavy atom. The Morgan fingerprint density at radius 1 is 1.06 bits per heavy atom. The average Bonchev–Trinajstić information content (AvgIpc) is 3.43. The van der Waals surface area contributed by atoms with Gasteiger partial charge in [0.05, 0.1) is 23.8 Å². The molecule has 1 unspecified atom stereocenters. The second-order valence-electron chi connectivity index (χ2n) is 7.19. The largest absolute Gasteiger partial charge is 0.507 e. The van der Waals surface area contributed by atoms with Crippen molar-refractivity contribution < 1.29 is 24.2 Å². The molecule has 8 heteroatoms. The molecule has 0 saturated carbocycles. The van der Waals surface area contributed by atoms with Crippen LogP contribution in [0, 0.1) is 0 Å². The van der Waals surface area contributed by atoms with Crippen molar-refractivity contribution in [1.82, 2.24) is 0 Å². The van der Waals surface area contributed by atoms with Crippen molar-refractivity contribution in [2.24, 2.45) is 0 Å². The molecule has 0 spiro atoms. The molecule has 4 rings (SSSR count). The number of carbonyl (C=O) groups is 2. The summed E-state index contributed by atoms with van der Waals surface area (Å²) < 4.78 is 11.0. The van der Waals surface area contributed by atoms with Crippen LogP contribution in [-0.2, 0) is 9.59 Å². The lowest BCUT2D eigenvalue weighted by molar-refractivity contribution is -0.132. The van der Waals surface area contributed by atoms with Crippen molar-refractivity contribution in [1.29, 1.82) is 0 Å². The SMILES string of the molecule is CCOc1ccc(N2C(=O)C(=O)/C(=C(\O)c3ccc(Cl)c(OCC)c3)C2c2cccs2)cc1. The van der Waals surface area contributed by atoms with Crippen LogP contribution >= 0.6 is 22.9 Å².